The molecule has 0 radical (unpaired) electrons. The van der Waals surface area contributed by atoms with Crippen LogP contribution in [-0.2, 0) is 29.0 Å². The number of aliphatic hydroxyl groups excluding tert-OH is 1. The Balaban J connectivity index is 1.11. The van der Waals surface area contributed by atoms with Gasteiger partial charge >= 0.3 is 0 Å². The van der Waals surface area contributed by atoms with Gasteiger partial charge < -0.3 is 35.0 Å². The van der Waals surface area contributed by atoms with Crippen molar-refractivity contribution in [2.75, 3.05) is 32.8 Å². The molecule has 2 amide bonds. The number of amides is 2. The molecule has 1 saturated carbocycles. The average Bonchev–Trinajstić information content (AvgIpc) is 3.91. The van der Waals surface area contributed by atoms with Crippen molar-refractivity contribution in [3.05, 3.63) is 99.1 Å². The zero-order valence-corrected chi connectivity index (χ0v) is 31.3. The number of rotatable bonds is 13. The van der Waals surface area contributed by atoms with E-state index in [0.29, 0.717) is 63.0 Å². The van der Waals surface area contributed by atoms with Crippen LogP contribution in [0.25, 0.3) is 5.57 Å². The molecule has 3 fully saturated rings. The molecule has 2 saturated heterocycles. The second-order valence-electron chi connectivity index (χ2n) is 14.7. The molecule has 4 atom stereocenters. The molecule has 0 unspecified atom stereocenters. The first-order chi connectivity index (χ1) is 25.2. The number of benzene rings is 3. The summed E-state index contributed by atoms with van der Waals surface area (Å²) in [4.78, 5) is 32.4. The molecular weight excluding hydrogens is 676 g/mol. The molecule has 3 heterocycles. The van der Waals surface area contributed by atoms with E-state index in [4.69, 9.17) is 21.1 Å². The summed E-state index contributed by atoms with van der Waals surface area (Å²) in [5.74, 6) is 1.43. The third kappa shape index (κ3) is 8.03. The van der Waals surface area contributed by atoms with E-state index in [9.17, 15) is 14.7 Å². The van der Waals surface area contributed by atoms with Crippen LogP contribution in [0.5, 0.6) is 11.5 Å². The van der Waals surface area contributed by atoms with E-state index >= 15 is 0 Å². The number of hydrogen-bond donors (Lipinski definition) is 3. The number of aryl methyl sites for hydroxylation is 3. The highest BCUT2D eigenvalue weighted by molar-refractivity contribution is 6.32. The standard InChI is InChI=1S/C42H51ClN4O5/c1-4-27-18-36(43)39(19-28(27)5-2)52-17-16-51-34-14-10-29(11-15-34)35-20-31-24-46(41(49)37-21-33(48)22-44-37)25-38(45-31)40(35)42(50)47(32-12-13-32)23-30-9-7-6-8-26(30)3/h6-11,14-15,18-19,31-33,37-38,44-45,48H,4-5,12-13,16-17,20-25H2,1-3H3/t31-,33-,37+,38-/m1/s1. The van der Waals surface area contributed by atoms with Gasteiger partial charge in [-0.3, -0.25) is 9.59 Å². The summed E-state index contributed by atoms with van der Waals surface area (Å²) >= 11 is 6.51. The Morgan fingerprint density at radius 2 is 1.69 bits per heavy atom. The molecule has 276 valence electrons. The van der Waals surface area contributed by atoms with Gasteiger partial charge in [-0.1, -0.05) is 61.8 Å². The van der Waals surface area contributed by atoms with Gasteiger partial charge in [0, 0.05) is 43.8 Å². The predicted molar refractivity (Wildman–Crippen MR) is 204 cm³/mol. The number of carbonyl (C=O) groups excluding carboxylic acids is 2. The van der Waals surface area contributed by atoms with Crippen molar-refractivity contribution in [2.24, 2.45) is 0 Å². The number of nitrogens with zero attached hydrogens (tertiary/aromatic N) is 2. The zero-order valence-electron chi connectivity index (χ0n) is 30.5. The lowest BCUT2D eigenvalue weighted by Gasteiger charge is -2.45. The lowest BCUT2D eigenvalue weighted by atomic mass is 9.82. The molecule has 4 aliphatic rings. The second-order valence-corrected chi connectivity index (χ2v) is 15.1. The number of ether oxygens (including phenoxy) is 2. The molecular formula is C42H51ClN4O5. The molecule has 3 aliphatic heterocycles. The van der Waals surface area contributed by atoms with Crippen LogP contribution < -0.4 is 20.1 Å². The number of carbonyl (C=O) groups is 2. The maximum Gasteiger partial charge on any atom is 0.252 e. The lowest BCUT2D eigenvalue weighted by Crippen LogP contribution is -2.63. The Morgan fingerprint density at radius 1 is 0.962 bits per heavy atom. The van der Waals surface area contributed by atoms with Crippen LogP contribution in [0.2, 0.25) is 5.02 Å². The Morgan fingerprint density at radius 3 is 2.38 bits per heavy atom. The first-order valence-electron chi connectivity index (χ1n) is 18.9. The van der Waals surface area contributed by atoms with Gasteiger partial charge in [-0.25, -0.2) is 0 Å². The van der Waals surface area contributed by atoms with Crippen LogP contribution in [0.1, 0.15) is 67.3 Å². The van der Waals surface area contributed by atoms with Crippen molar-refractivity contribution >= 4 is 29.0 Å². The molecule has 0 spiro atoms. The third-order valence-electron chi connectivity index (χ3n) is 11.0. The molecule has 10 heteroatoms. The second kappa shape index (κ2) is 16.0. The van der Waals surface area contributed by atoms with Gasteiger partial charge in [-0.2, -0.15) is 0 Å². The molecule has 7 rings (SSSR count). The Kier molecular flexibility index (Phi) is 11.2. The van der Waals surface area contributed by atoms with E-state index < -0.39 is 12.1 Å². The van der Waals surface area contributed by atoms with Crippen molar-refractivity contribution in [3.63, 3.8) is 0 Å². The fourth-order valence-corrected chi connectivity index (χ4v) is 8.26. The van der Waals surface area contributed by atoms with Crippen LogP contribution in [0, 0.1) is 6.92 Å². The minimum atomic E-state index is -0.515. The van der Waals surface area contributed by atoms with Gasteiger partial charge in [0.25, 0.3) is 5.91 Å². The fraction of sp³-hybridized carbons (Fsp3) is 0.476. The number of fused-ring (bicyclic) bond motifs is 2. The summed E-state index contributed by atoms with van der Waals surface area (Å²) in [6, 6.07) is 19.8. The van der Waals surface area contributed by atoms with E-state index in [1.54, 1.807) is 0 Å². The number of aliphatic hydroxyl groups is 1. The highest BCUT2D eigenvalue weighted by Crippen LogP contribution is 2.38. The predicted octanol–water partition coefficient (Wildman–Crippen LogP) is 5.47. The first-order valence-corrected chi connectivity index (χ1v) is 19.3. The molecule has 3 aromatic carbocycles. The molecule has 3 aromatic rings. The average molecular weight is 727 g/mol. The Hall–Kier alpha value is -3.89. The molecule has 52 heavy (non-hydrogen) atoms. The van der Waals surface area contributed by atoms with Gasteiger partial charge in [-0.05, 0) is 103 Å². The van der Waals surface area contributed by atoms with Crippen LogP contribution in [0.3, 0.4) is 0 Å². The smallest absolute Gasteiger partial charge is 0.252 e. The van der Waals surface area contributed by atoms with Crippen molar-refractivity contribution in [2.45, 2.75) is 96.1 Å². The SMILES string of the molecule is CCc1cc(Cl)c(OCCOc2ccc(C3=C(C(=O)N(Cc4ccccc4C)C4CC4)[C@H]4CN(C(=O)[C@@H]5C[C@@H](O)CN5)C[C@@H](C3)N4)cc2)cc1CC. The van der Waals surface area contributed by atoms with Crippen LogP contribution in [-0.4, -0.2) is 89.8 Å². The van der Waals surface area contributed by atoms with E-state index in [-0.39, 0.29) is 29.9 Å². The number of nitrogens with one attached hydrogen (secondary N) is 2. The normalized spacial score (nSPS) is 22.8. The van der Waals surface area contributed by atoms with Crippen LogP contribution in [0.4, 0.5) is 0 Å². The minimum absolute atomic E-state index is 0.00112. The summed E-state index contributed by atoms with van der Waals surface area (Å²) in [6.07, 6.45) is 4.36. The van der Waals surface area contributed by atoms with Gasteiger partial charge in [0.2, 0.25) is 5.91 Å². The molecule has 3 N–H and O–H groups in total. The minimum Gasteiger partial charge on any atom is -0.490 e. The number of hydrogen-bond acceptors (Lipinski definition) is 7. The van der Waals surface area contributed by atoms with Gasteiger partial charge in [0.1, 0.15) is 24.7 Å². The molecule has 0 aromatic heterocycles. The van der Waals surface area contributed by atoms with E-state index in [0.717, 1.165) is 53.7 Å². The maximum atomic E-state index is 14.8. The third-order valence-corrected chi connectivity index (χ3v) is 11.3. The van der Waals surface area contributed by atoms with Crippen LogP contribution >= 0.6 is 11.6 Å². The van der Waals surface area contributed by atoms with E-state index in [2.05, 4.69) is 48.4 Å². The monoisotopic (exact) mass is 726 g/mol. The van der Waals surface area contributed by atoms with E-state index in [1.807, 2.05) is 53.4 Å². The maximum absolute atomic E-state index is 14.8. The summed E-state index contributed by atoms with van der Waals surface area (Å²) in [5.41, 5.74) is 7.57. The molecule has 2 bridgehead atoms. The highest BCUT2D eigenvalue weighted by Gasteiger charge is 2.44. The van der Waals surface area contributed by atoms with Gasteiger partial charge in [0.05, 0.1) is 23.2 Å². The largest absolute Gasteiger partial charge is 0.490 e. The Labute approximate surface area is 312 Å². The molecule has 1 aliphatic carbocycles. The lowest BCUT2D eigenvalue weighted by molar-refractivity contribution is -0.136. The van der Waals surface area contributed by atoms with Crippen molar-refractivity contribution in [3.8, 4) is 11.5 Å². The Bertz CT molecular complexity index is 1810. The number of piperazine rings is 1. The molecule has 9 nitrogen and oxygen atoms in total. The first kappa shape index (κ1) is 36.5. The summed E-state index contributed by atoms with van der Waals surface area (Å²) < 4.78 is 12.1. The van der Waals surface area contributed by atoms with Crippen molar-refractivity contribution < 1.29 is 24.2 Å². The highest BCUT2D eigenvalue weighted by atomic mass is 35.5. The van der Waals surface area contributed by atoms with Crippen molar-refractivity contribution in [1.29, 1.82) is 0 Å². The van der Waals surface area contributed by atoms with Gasteiger partial charge in [0.15, 0.2) is 0 Å². The summed E-state index contributed by atoms with van der Waals surface area (Å²) in [6.45, 7) is 9.01. The number of halogens is 1. The van der Waals surface area contributed by atoms with Crippen molar-refractivity contribution in [1.82, 2.24) is 20.4 Å². The fourth-order valence-electron chi connectivity index (χ4n) is 8.02. The quantitative estimate of drug-likeness (QED) is 0.201. The van der Waals surface area contributed by atoms with E-state index in [1.165, 1.54) is 16.7 Å². The summed E-state index contributed by atoms with van der Waals surface area (Å²) in [5, 5.41) is 17.6. The van der Waals surface area contributed by atoms with Gasteiger partial charge in [-0.15, -0.1) is 0 Å². The number of β-amino-alcohol motifs (C(OH)–C–C–N with tert-alkyl or cyclic N) is 1. The summed E-state index contributed by atoms with van der Waals surface area (Å²) in [7, 11) is 0. The topological polar surface area (TPSA) is 103 Å². The van der Waals surface area contributed by atoms with Crippen LogP contribution in [0.15, 0.2) is 66.2 Å². The zero-order chi connectivity index (χ0) is 36.4.